The third kappa shape index (κ3) is 4.40. The molecular weight excluding hydrogens is 378 g/mol. The summed E-state index contributed by atoms with van der Waals surface area (Å²) in [5.41, 5.74) is 3.33. The first-order valence-corrected chi connectivity index (χ1v) is 10.8. The number of aryl methyl sites for hydroxylation is 2. The largest absolute Gasteiger partial charge is 0.497 e. The minimum Gasteiger partial charge on any atom is -0.497 e. The molecule has 0 radical (unpaired) electrons. The van der Waals surface area contributed by atoms with E-state index < -0.39 is 6.10 Å². The van der Waals surface area contributed by atoms with Gasteiger partial charge in [0.05, 0.1) is 13.2 Å². The highest BCUT2D eigenvalue weighted by molar-refractivity contribution is 5.81. The summed E-state index contributed by atoms with van der Waals surface area (Å²) >= 11 is 0. The highest BCUT2D eigenvalue weighted by Gasteiger charge is 2.35. The maximum atomic E-state index is 12.9. The van der Waals surface area contributed by atoms with Gasteiger partial charge in [0.1, 0.15) is 22.8 Å². The summed E-state index contributed by atoms with van der Waals surface area (Å²) in [6, 6.07) is 11.8. The average molecular weight is 410 g/mol. The second-order valence-corrected chi connectivity index (χ2v) is 8.93. The molecule has 0 fully saturated rings. The number of carbonyl (C=O) groups is 1. The number of rotatable bonds is 5. The van der Waals surface area contributed by atoms with Crippen LogP contribution in [0.2, 0.25) is 0 Å². The zero-order valence-electron chi connectivity index (χ0n) is 18.3. The van der Waals surface area contributed by atoms with Crippen LogP contribution < -0.4 is 19.5 Å². The molecule has 1 aliphatic heterocycles. The van der Waals surface area contributed by atoms with Gasteiger partial charge in [-0.25, -0.2) is 0 Å². The van der Waals surface area contributed by atoms with Gasteiger partial charge in [0.25, 0.3) is 5.91 Å². The van der Waals surface area contributed by atoms with Gasteiger partial charge < -0.3 is 19.5 Å². The van der Waals surface area contributed by atoms with Gasteiger partial charge in [0.2, 0.25) is 0 Å². The minimum atomic E-state index is -0.584. The van der Waals surface area contributed by atoms with Gasteiger partial charge in [-0.05, 0) is 81.8 Å². The predicted molar refractivity (Wildman–Crippen MR) is 116 cm³/mol. The third-order valence-electron chi connectivity index (χ3n) is 6.00. The Balaban J connectivity index is 1.46. The van der Waals surface area contributed by atoms with Crippen molar-refractivity contribution in [3.05, 3.63) is 53.1 Å². The normalized spacial score (nSPS) is 20.2. The zero-order valence-corrected chi connectivity index (χ0v) is 18.3. The van der Waals surface area contributed by atoms with Crippen molar-refractivity contribution >= 4 is 5.91 Å². The fraction of sp³-hybridized carbons (Fsp3) is 0.480. The number of methoxy groups -OCH3 is 1. The van der Waals surface area contributed by atoms with Crippen molar-refractivity contribution in [1.82, 2.24) is 5.32 Å². The van der Waals surface area contributed by atoms with Gasteiger partial charge >= 0.3 is 0 Å². The lowest BCUT2D eigenvalue weighted by molar-refractivity contribution is -0.128. The van der Waals surface area contributed by atoms with Crippen molar-refractivity contribution in [2.24, 2.45) is 0 Å². The Morgan fingerprint density at radius 2 is 1.83 bits per heavy atom. The molecule has 0 saturated heterocycles. The zero-order chi connectivity index (χ0) is 21.3. The van der Waals surface area contributed by atoms with Crippen LogP contribution in [0.4, 0.5) is 0 Å². The van der Waals surface area contributed by atoms with E-state index in [0.717, 1.165) is 35.7 Å². The van der Waals surface area contributed by atoms with E-state index in [9.17, 15) is 4.79 Å². The van der Waals surface area contributed by atoms with Crippen LogP contribution in [0.5, 0.6) is 17.2 Å². The number of nitrogens with one attached hydrogen (secondary N) is 1. The number of ether oxygens (including phenoxy) is 3. The van der Waals surface area contributed by atoms with E-state index in [1.54, 1.807) is 14.0 Å². The molecule has 160 valence electrons. The van der Waals surface area contributed by atoms with Crippen molar-refractivity contribution < 1.29 is 19.0 Å². The second kappa shape index (κ2) is 8.21. The molecule has 1 amide bonds. The van der Waals surface area contributed by atoms with Crippen molar-refractivity contribution in [3.63, 3.8) is 0 Å². The lowest BCUT2D eigenvalue weighted by Crippen LogP contribution is -2.44. The van der Waals surface area contributed by atoms with Crippen LogP contribution in [-0.4, -0.2) is 24.7 Å². The summed E-state index contributed by atoms with van der Waals surface area (Å²) < 4.78 is 17.4. The quantitative estimate of drug-likeness (QED) is 0.774. The van der Waals surface area contributed by atoms with Gasteiger partial charge in [-0.3, -0.25) is 4.79 Å². The summed E-state index contributed by atoms with van der Waals surface area (Å²) in [6.07, 6.45) is 4.79. The first-order chi connectivity index (χ1) is 14.3. The van der Waals surface area contributed by atoms with Crippen molar-refractivity contribution in [1.29, 1.82) is 0 Å². The van der Waals surface area contributed by atoms with Crippen LogP contribution >= 0.6 is 0 Å². The maximum Gasteiger partial charge on any atom is 0.261 e. The molecule has 0 saturated carbocycles. The van der Waals surface area contributed by atoms with Crippen LogP contribution in [0.25, 0.3) is 0 Å². The van der Waals surface area contributed by atoms with Crippen LogP contribution in [0.15, 0.2) is 36.4 Å². The van der Waals surface area contributed by atoms with Crippen LogP contribution in [0, 0.1) is 0 Å². The van der Waals surface area contributed by atoms with Crippen LogP contribution in [-0.2, 0) is 17.6 Å². The Morgan fingerprint density at radius 1 is 1.10 bits per heavy atom. The molecule has 0 bridgehead atoms. The molecule has 2 aromatic carbocycles. The van der Waals surface area contributed by atoms with Crippen LogP contribution in [0.3, 0.4) is 0 Å². The van der Waals surface area contributed by atoms with Gasteiger partial charge in [0, 0.05) is 18.1 Å². The van der Waals surface area contributed by atoms with Crippen molar-refractivity contribution in [2.75, 3.05) is 7.11 Å². The Labute approximate surface area is 178 Å². The van der Waals surface area contributed by atoms with E-state index in [2.05, 4.69) is 17.4 Å². The number of hydrogen-bond donors (Lipinski definition) is 1. The SMILES string of the molecule is COc1ccc2c(c1)OC(C)(C)C[C@H]2NC(=O)[C@H](C)Oc1ccc2c(c1)CCCC2. The standard InChI is InChI=1S/C25H31NO4/c1-16(29-20-10-9-17-7-5-6-8-18(17)13-20)24(27)26-22-15-25(2,3)30-23-14-19(28-4)11-12-21(22)23/h9-14,16,22H,5-8,15H2,1-4H3,(H,26,27)/t16-,22+/m0/s1. The fourth-order valence-corrected chi connectivity index (χ4v) is 4.42. The molecule has 2 aromatic rings. The number of amides is 1. The van der Waals surface area contributed by atoms with E-state index in [1.165, 1.54) is 24.0 Å². The second-order valence-electron chi connectivity index (χ2n) is 8.93. The molecule has 0 unspecified atom stereocenters. The lowest BCUT2D eigenvalue weighted by atomic mass is 9.89. The lowest BCUT2D eigenvalue weighted by Gasteiger charge is -2.38. The van der Waals surface area contributed by atoms with Crippen LogP contribution in [0.1, 0.15) is 62.8 Å². The maximum absolute atomic E-state index is 12.9. The minimum absolute atomic E-state index is 0.128. The highest BCUT2D eigenvalue weighted by atomic mass is 16.5. The highest BCUT2D eigenvalue weighted by Crippen LogP contribution is 2.41. The summed E-state index contributed by atoms with van der Waals surface area (Å²) in [6.45, 7) is 5.86. The fourth-order valence-electron chi connectivity index (χ4n) is 4.42. The summed E-state index contributed by atoms with van der Waals surface area (Å²) in [5.74, 6) is 2.12. The molecule has 0 aromatic heterocycles. The Kier molecular flexibility index (Phi) is 5.63. The molecule has 1 N–H and O–H groups in total. The van der Waals surface area contributed by atoms with Crippen molar-refractivity contribution in [2.45, 2.75) is 70.6 Å². The molecule has 4 rings (SSSR count). The van der Waals surface area contributed by atoms with Gasteiger partial charge in [-0.15, -0.1) is 0 Å². The summed E-state index contributed by atoms with van der Waals surface area (Å²) in [5, 5.41) is 3.17. The van der Waals surface area contributed by atoms with E-state index in [4.69, 9.17) is 14.2 Å². The van der Waals surface area contributed by atoms with E-state index in [1.807, 2.05) is 38.1 Å². The number of benzene rings is 2. The molecule has 5 nitrogen and oxygen atoms in total. The average Bonchev–Trinajstić information content (AvgIpc) is 2.72. The van der Waals surface area contributed by atoms with Gasteiger partial charge in [0.15, 0.2) is 6.10 Å². The van der Waals surface area contributed by atoms with Gasteiger partial charge in [-0.2, -0.15) is 0 Å². The van der Waals surface area contributed by atoms with E-state index >= 15 is 0 Å². The monoisotopic (exact) mass is 409 g/mol. The molecule has 2 aliphatic rings. The topological polar surface area (TPSA) is 56.8 Å². The molecule has 0 spiro atoms. The molecule has 2 atom stereocenters. The summed E-state index contributed by atoms with van der Waals surface area (Å²) in [7, 11) is 1.63. The van der Waals surface area contributed by atoms with E-state index in [0.29, 0.717) is 6.42 Å². The Hall–Kier alpha value is -2.69. The first kappa shape index (κ1) is 20.6. The summed E-state index contributed by atoms with van der Waals surface area (Å²) in [4.78, 5) is 12.9. The molecule has 1 aliphatic carbocycles. The number of fused-ring (bicyclic) bond motifs is 2. The van der Waals surface area contributed by atoms with Gasteiger partial charge in [-0.1, -0.05) is 6.07 Å². The molecule has 5 heteroatoms. The first-order valence-electron chi connectivity index (χ1n) is 10.8. The molecule has 1 heterocycles. The predicted octanol–water partition coefficient (Wildman–Crippen LogP) is 4.76. The number of carbonyl (C=O) groups excluding carboxylic acids is 1. The van der Waals surface area contributed by atoms with Crippen molar-refractivity contribution in [3.8, 4) is 17.2 Å². The third-order valence-corrected chi connectivity index (χ3v) is 6.00. The smallest absolute Gasteiger partial charge is 0.261 e. The van der Waals surface area contributed by atoms with E-state index in [-0.39, 0.29) is 17.6 Å². The molecule has 30 heavy (non-hydrogen) atoms. The Bertz CT molecular complexity index is 937. The number of hydrogen-bond acceptors (Lipinski definition) is 4. The molecular formula is C25H31NO4. The Morgan fingerprint density at radius 3 is 2.60 bits per heavy atom.